The van der Waals surface area contributed by atoms with Gasteiger partial charge in [-0.1, -0.05) is 24.6 Å². The normalized spacial score (nSPS) is 18.9. The van der Waals surface area contributed by atoms with E-state index in [0.29, 0.717) is 24.1 Å². The summed E-state index contributed by atoms with van der Waals surface area (Å²) in [5.74, 6) is 0.838. The van der Waals surface area contributed by atoms with Crippen LogP contribution in [0.4, 0.5) is 0 Å². The molecule has 0 radical (unpaired) electrons. The van der Waals surface area contributed by atoms with E-state index in [1.165, 1.54) is 0 Å². The van der Waals surface area contributed by atoms with Gasteiger partial charge in [-0.25, -0.2) is 0 Å². The summed E-state index contributed by atoms with van der Waals surface area (Å²) in [6.45, 7) is 4.01. The molecule has 1 aliphatic carbocycles. The number of nitrogens with zero attached hydrogens (tertiary/aromatic N) is 2. The van der Waals surface area contributed by atoms with Gasteiger partial charge in [0.15, 0.2) is 0 Å². The summed E-state index contributed by atoms with van der Waals surface area (Å²) >= 11 is 0. The summed E-state index contributed by atoms with van der Waals surface area (Å²) in [6, 6.07) is 7.76. The molecule has 126 valence electrons. The number of carbonyl (C=O) groups is 2. The van der Waals surface area contributed by atoms with E-state index in [-0.39, 0.29) is 24.2 Å². The minimum atomic E-state index is -0.285. The van der Waals surface area contributed by atoms with Crippen molar-refractivity contribution < 1.29 is 14.0 Å². The second-order valence-corrected chi connectivity index (χ2v) is 6.22. The highest BCUT2D eigenvalue weighted by Crippen LogP contribution is 2.37. The first-order valence-corrected chi connectivity index (χ1v) is 8.01. The standard InChI is InChI=1S/C17H20N4O3/c1-10-3-5-12(6-4-10)17-21-19-15(24-17)8-7-14(22)18-20-16(23)13-9-11(13)2/h3-6,11,13H,7-9H2,1-2H3,(H,18,22)(H,20,23). The second kappa shape index (κ2) is 6.82. The van der Waals surface area contributed by atoms with Gasteiger partial charge in [0.05, 0.1) is 0 Å². The van der Waals surface area contributed by atoms with Crippen molar-refractivity contribution in [2.24, 2.45) is 11.8 Å². The maximum absolute atomic E-state index is 11.7. The number of hydrogen-bond donors (Lipinski definition) is 2. The quantitative estimate of drug-likeness (QED) is 0.816. The van der Waals surface area contributed by atoms with Crippen molar-refractivity contribution >= 4 is 11.8 Å². The van der Waals surface area contributed by atoms with E-state index in [0.717, 1.165) is 17.5 Å². The molecule has 1 fully saturated rings. The molecule has 1 aromatic carbocycles. The molecule has 0 aliphatic heterocycles. The van der Waals surface area contributed by atoms with Crippen LogP contribution in [0.25, 0.3) is 11.5 Å². The largest absolute Gasteiger partial charge is 0.421 e. The molecule has 7 heteroatoms. The Morgan fingerprint density at radius 1 is 1.21 bits per heavy atom. The van der Waals surface area contributed by atoms with E-state index in [9.17, 15) is 9.59 Å². The molecule has 3 rings (SSSR count). The third kappa shape index (κ3) is 3.98. The number of carbonyl (C=O) groups excluding carboxylic acids is 2. The monoisotopic (exact) mass is 328 g/mol. The van der Waals surface area contributed by atoms with Crippen molar-refractivity contribution in [3.63, 3.8) is 0 Å². The van der Waals surface area contributed by atoms with Crippen LogP contribution in [0.15, 0.2) is 28.7 Å². The van der Waals surface area contributed by atoms with Crippen molar-refractivity contribution in [1.82, 2.24) is 21.0 Å². The Kier molecular flexibility index (Phi) is 4.59. The molecular formula is C17H20N4O3. The zero-order chi connectivity index (χ0) is 17.1. The number of nitrogens with one attached hydrogen (secondary N) is 2. The maximum Gasteiger partial charge on any atom is 0.247 e. The predicted molar refractivity (Wildman–Crippen MR) is 86.3 cm³/mol. The third-order valence-corrected chi connectivity index (χ3v) is 4.10. The van der Waals surface area contributed by atoms with Gasteiger partial charge in [0, 0.05) is 24.3 Å². The highest BCUT2D eigenvalue weighted by Gasteiger charge is 2.39. The van der Waals surface area contributed by atoms with Crippen LogP contribution in [-0.4, -0.2) is 22.0 Å². The topological polar surface area (TPSA) is 97.1 Å². The lowest BCUT2D eigenvalue weighted by molar-refractivity contribution is -0.129. The van der Waals surface area contributed by atoms with Crippen LogP contribution < -0.4 is 10.9 Å². The van der Waals surface area contributed by atoms with Gasteiger partial charge in [-0.15, -0.1) is 10.2 Å². The van der Waals surface area contributed by atoms with Gasteiger partial charge in [-0.2, -0.15) is 0 Å². The van der Waals surface area contributed by atoms with Gasteiger partial charge in [0.25, 0.3) is 0 Å². The van der Waals surface area contributed by atoms with Gasteiger partial charge >= 0.3 is 0 Å². The predicted octanol–water partition coefficient (Wildman–Crippen LogP) is 1.78. The Bertz CT molecular complexity index is 739. The van der Waals surface area contributed by atoms with E-state index in [1.54, 1.807) is 0 Å². The van der Waals surface area contributed by atoms with Crippen LogP contribution in [0.5, 0.6) is 0 Å². The molecule has 1 heterocycles. The number of amides is 2. The zero-order valence-electron chi connectivity index (χ0n) is 13.7. The molecule has 7 nitrogen and oxygen atoms in total. The average molecular weight is 328 g/mol. The summed E-state index contributed by atoms with van der Waals surface area (Å²) in [5, 5.41) is 7.94. The third-order valence-electron chi connectivity index (χ3n) is 4.10. The molecule has 0 spiro atoms. The van der Waals surface area contributed by atoms with E-state index < -0.39 is 0 Å². The lowest BCUT2D eigenvalue weighted by atomic mass is 10.1. The zero-order valence-corrected chi connectivity index (χ0v) is 13.7. The molecule has 2 N–H and O–H groups in total. The second-order valence-electron chi connectivity index (χ2n) is 6.22. The molecule has 2 unspecified atom stereocenters. The van der Waals surface area contributed by atoms with Crippen LogP contribution >= 0.6 is 0 Å². The van der Waals surface area contributed by atoms with Crippen molar-refractivity contribution in [1.29, 1.82) is 0 Å². The molecule has 2 atom stereocenters. The molecule has 1 saturated carbocycles. The highest BCUT2D eigenvalue weighted by atomic mass is 16.4. The van der Waals surface area contributed by atoms with Crippen LogP contribution in [-0.2, 0) is 16.0 Å². The highest BCUT2D eigenvalue weighted by molar-refractivity contribution is 5.85. The molecule has 1 aromatic heterocycles. The number of benzene rings is 1. The first-order valence-electron chi connectivity index (χ1n) is 8.01. The van der Waals surface area contributed by atoms with Crippen molar-refractivity contribution in [3.05, 3.63) is 35.7 Å². The van der Waals surface area contributed by atoms with Gasteiger partial charge in [0.1, 0.15) is 0 Å². The van der Waals surface area contributed by atoms with E-state index in [1.807, 2.05) is 38.1 Å². The first-order chi connectivity index (χ1) is 11.5. The van der Waals surface area contributed by atoms with Crippen LogP contribution in [0.2, 0.25) is 0 Å². The van der Waals surface area contributed by atoms with Crippen molar-refractivity contribution in [3.8, 4) is 11.5 Å². The Labute approximate surface area is 139 Å². The Morgan fingerprint density at radius 3 is 2.58 bits per heavy atom. The number of hydrazine groups is 1. The first kappa shape index (κ1) is 16.2. The summed E-state index contributed by atoms with van der Waals surface area (Å²) < 4.78 is 5.56. The fourth-order valence-electron chi connectivity index (χ4n) is 2.36. The minimum Gasteiger partial charge on any atom is -0.421 e. The maximum atomic E-state index is 11.7. The number of aromatic nitrogens is 2. The molecule has 0 saturated heterocycles. The molecule has 0 bridgehead atoms. The molecule has 2 amide bonds. The van der Waals surface area contributed by atoms with E-state index in [4.69, 9.17) is 4.42 Å². The van der Waals surface area contributed by atoms with Crippen LogP contribution in [0, 0.1) is 18.8 Å². The van der Waals surface area contributed by atoms with E-state index >= 15 is 0 Å². The number of hydrogen-bond acceptors (Lipinski definition) is 5. The molecule has 24 heavy (non-hydrogen) atoms. The van der Waals surface area contributed by atoms with Gasteiger partial charge in [-0.3, -0.25) is 20.4 Å². The van der Waals surface area contributed by atoms with Gasteiger partial charge in [0.2, 0.25) is 23.6 Å². The summed E-state index contributed by atoms with van der Waals surface area (Å²) in [4.78, 5) is 23.4. The number of aryl methyl sites for hydroxylation is 2. The Hall–Kier alpha value is -2.70. The molecule has 1 aliphatic rings. The average Bonchev–Trinajstić information content (AvgIpc) is 3.12. The molecular weight excluding hydrogens is 308 g/mol. The Balaban J connectivity index is 1.45. The summed E-state index contributed by atoms with van der Waals surface area (Å²) in [7, 11) is 0. The fraction of sp³-hybridized carbons (Fsp3) is 0.412. The Morgan fingerprint density at radius 2 is 1.92 bits per heavy atom. The lowest BCUT2D eigenvalue weighted by Gasteiger charge is -2.05. The van der Waals surface area contributed by atoms with Crippen LogP contribution in [0.1, 0.15) is 31.2 Å². The van der Waals surface area contributed by atoms with Gasteiger partial charge in [-0.05, 0) is 31.4 Å². The number of rotatable bonds is 5. The fourth-order valence-corrected chi connectivity index (χ4v) is 2.36. The van der Waals surface area contributed by atoms with Crippen molar-refractivity contribution in [2.45, 2.75) is 33.1 Å². The summed E-state index contributed by atoms with van der Waals surface area (Å²) in [5.41, 5.74) is 6.85. The van der Waals surface area contributed by atoms with E-state index in [2.05, 4.69) is 21.0 Å². The minimum absolute atomic E-state index is 0.0262. The van der Waals surface area contributed by atoms with Crippen LogP contribution in [0.3, 0.4) is 0 Å². The SMILES string of the molecule is Cc1ccc(-c2nnc(CCC(=O)NNC(=O)C3CC3C)o2)cc1. The van der Waals surface area contributed by atoms with Crippen molar-refractivity contribution in [2.75, 3.05) is 0 Å². The summed E-state index contributed by atoms with van der Waals surface area (Å²) in [6.07, 6.45) is 1.36. The van der Waals surface area contributed by atoms with Gasteiger partial charge < -0.3 is 4.42 Å². The molecule has 2 aromatic rings. The smallest absolute Gasteiger partial charge is 0.247 e. The lowest BCUT2D eigenvalue weighted by Crippen LogP contribution is -2.42.